The Bertz CT molecular complexity index is 58.9. The van der Waals surface area contributed by atoms with Crippen LogP contribution >= 0.6 is 15.9 Å². The molecule has 0 aliphatic heterocycles. The Labute approximate surface area is 65.2 Å². The number of rotatable bonds is 5. The predicted molar refractivity (Wildman–Crippen MR) is 43.0 cm³/mol. The van der Waals surface area contributed by atoms with Gasteiger partial charge >= 0.3 is 7.12 Å². The average molecular weight is 195 g/mol. The van der Waals surface area contributed by atoms with Gasteiger partial charge in [-0.05, 0) is 12.7 Å². The molecule has 9 heavy (non-hydrogen) atoms. The Morgan fingerprint density at radius 2 is 1.89 bits per heavy atom. The van der Waals surface area contributed by atoms with Gasteiger partial charge in [-0.3, -0.25) is 0 Å². The van der Waals surface area contributed by atoms with Gasteiger partial charge < -0.3 is 9.31 Å². The molecule has 0 amide bonds. The van der Waals surface area contributed by atoms with E-state index in [9.17, 15) is 0 Å². The molecule has 54 valence electrons. The Morgan fingerprint density at radius 3 is 2.22 bits per heavy atom. The molecule has 0 N–H and O–H groups in total. The van der Waals surface area contributed by atoms with Crippen LogP contribution in [0.3, 0.4) is 0 Å². The molecule has 0 heterocycles. The molecule has 0 radical (unpaired) electrons. The molecular weight excluding hydrogens is 183 g/mol. The minimum Gasteiger partial charge on any atom is -0.414 e. The highest BCUT2D eigenvalue weighted by molar-refractivity contribution is 9.09. The smallest absolute Gasteiger partial charge is 0.414 e. The predicted octanol–water partition coefficient (Wildman–Crippen LogP) is 1.55. The van der Waals surface area contributed by atoms with Gasteiger partial charge in [-0.2, -0.15) is 0 Å². The normalized spacial score (nSPS) is 9.67. The summed E-state index contributed by atoms with van der Waals surface area (Å²) in [5, 5.41) is 1.01. The van der Waals surface area contributed by atoms with Crippen LogP contribution < -0.4 is 0 Å². The first-order valence-corrected chi connectivity index (χ1v) is 4.08. The van der Waals surface area contributed by atoms with E-state index < -0.39 is 0 Å². The zero-order valence-corrected chi connectivity index (χ0v) is 7.48. The van der Waals surface area contributed by atoms with Crippen LogP contribution in [0.15, 0.2) is 0 Å². The first kappa shape index (κ1) is 9.46. The van der Waals surface area contributed by atoms with Gasteiger partial charge in [0.15, 0.2) is 0 Å². The minimum absolute atomic E-state index is 0.0254. The van der Waals surface area contributed by atoms with Crippen LogP contribution in [-0.2, 0) is 9.31 Å². The molecule has 2 nitrogen and oxygen atoms in total. The highest BCUT2D eigenvalue weighted by atomic mass is 79.9. The quantitative estimate of drug-likeness (QED) is 0.489. The molecule has 0 aromatic rings. The van der Waals surface area contributed by atoms with Crippen molar-refractivity contribution in [3.63, 3.8) is 0 Å². The minimum atomic E-state index is -0.0254. The fraction of sp³-hybridized carbons (Fsp3) is 1.00. The lowest BCUT2D eigenvalue weighted by Crippen LogP contribution is -2.18. The topological polar surface area (TPSA) is 18.5 Å². The summed E-state index contributed by atoms with van der Waals surface area (Å²) >= 11 is 3.33. The van der Waals surface area contributed by atoms with Crippen LogP contribution in [-0.4, -0.2) is 26.7 Å². The number of hydrogen-bond acceptors (Lipinski definition) is 2. The molecule has 0 atom stereocenters. The molecule has 0 aliphatic rings. The SMILES string of the molecule is COB(CCCBr)OC. The second kappa shape index (κ2) is 6.58. The summed E-state index contributed by atoms with van der Waals surface area (Å²) in [6.07, 6.45) is 2.05. The summed E-state index contributed by atoms with van der Waals surface area (Å²) in [6.45, 7) is 0. The molecule has 0 aromatic carbocycles. The lowest BCUT2D eigenvalue weighted by Gasteiger charge is -2.05. The summed E-state index contributed by atoms with van der Waals surface area (Å²) in [4.78, 5) is 0. The van der Waals surface area contributed by atoms with Crippen molar-refractivity contribution in [2.45, 2.75) is 12.7 Å². The standard InChI is InChI=1S/C5H12BBrO2/c1-8-6(9-2)4-3-5-7/h3-5H2,1-2H3. The van der Waals surface area contributed by atoms with E-state index in [2.05, 4.69) is 15.9 Å². The molecule has 0 spiro atoms. The van der Waals surface area contributed by atoms with E-state index >= 15 is 0 Å². The van der Waals surface area contributed by atoms with E-state index in [1.165, 1.54) is 0 Å². The zero-order valence-electron chi connectivity index (χ0n) is 5.89. The van der Waals surface area contributed by atoms with Crippen molar-refractivity contribution < 1.29 is 9.31 Å². The molecule has 0 aromatic heterocycles. The van der Waals surface area contributed by atoms with Crippen LogP contribution in [0, 0.1) is 0 Å². The Balaban J connectivity index is 3.09. The van der Waals surface area contributed by atoms with Crippen LogP contribution in [0.25, 0.3) is 0 Å². The second-order valence-electron chi connectivity index (χ2n) is 1.73. The molecule has 0 unspecified atom stereocenters. The summed E-state index contributed by atoms with van der Waals surface area (Å²) < 4.78 is 9.92. The van der Waals surface area contributed by atoms with E-state index in [-0.39, 0.29) is 7.12 Å². The highest BCUT2D eigenvalue weighted by Gasteiger charge is 2.11. The number of alkyl halides is 1. The molecule has 0 saturated heterocycles. The molecule has 0 rings (SSSR count). The summed E-state index contributed by atoms with van der Waals surface area (Å²) in [5.74, 6) is 0. The lowest BCUT2D eigenvalue weighted by atomic mass is 9.83. The van der Waals surface area contributed by atoms with E-state index in [4.69, 9.17) is 9.31 Å². The Kier molecular flexibility index (Phi) is 6.92. The number of hydrogen-bond donors (Lipinski definition) is 0. The average Bonchev–Trinajstić information content (AvgIpc) is 1.91. The number of halogens is 1. The first-order chi connectivity index (χ1) is 4.35. The van der Waals surface area contributed by atoms with Gasteiger partial charge in [-0.1, -0.05) is 15.9 Å². The van der Waals surface area contributed by atoms with Crippen molar-refractivity contribution in [3.05, 3.63) is 0 Å². The van der Waals surface area contributed by atoms with Crippen LogP contribution in [0.4, 0.5) is 0 Å². The van der Waals surface area contributed by atoms with Gasteiger partial charge in [-0.25, -0.2) is 0 Å². The van der Waals surface area contributed by atoms with Crippen molar-refractivity contribution in [1.82, 2.24) is 0 Å². The molecule has 0 saturated carbocycles. The van der Waals surface area contributed by atoms with Crippen molar-refractivity contribution in [3.8, 4) is 0 Å². The van der Waals surface area contributed by atoms with Crippen LogP contribution in [0.5, 0.6) is 0 Å². The van der Waals surface area contributed by atoms with Crippen molar-refractivity contribution in [1.29, 1.82) is 0 Å². The third-order valence-electron chi connectivity index (χ3n) is 1.10. The van der Waals surface area contributed by atoms with Gasteiger partial charge in [0.05, 0.1) is 0 Å². The lowest BCUT2D eigenvalue weighted by molar-refractivity contribution is 0.277. The third-order valence-corrected chi connectivity index (χ3v) is 1.66. The van der Waals surface area contributed by atoms with Gasteiger partial charge in [-0.15, -0.1) is 0 Å². The Hall–Kier alpha value is 0.465. The third kappa shape index (κ3) is 4.94. The Morgan fingerprint density at radius 1 is 1.33 bits per heavy atom. The monoisotopic (exact) mass is 194 g/mol. The summed E-state index contributed by atoms with van der Waals surface area (Å²) in [5.41, 5.74) is 0. The second-order valence-corrected chi connectivity index (χ2v) is 2.53. The summed E-state index contributed by atoms with van der Waals surface area (Å²) in [6, 6.07) is 0. The maximum absolute atomic E-state index is 4.96. The molecule has 4 heteroatoms. The van der Waals surface area contributed by atoms with Gasteiger partial charge in [0.2, 0.25) is 0 Å². The van der Waals surface area contributed by atoms with Crippen LogP contribution in [0.2, 0.25) is 6.32 Å². The first-order valence-electron chi connectivity index (χ1n) is 2.96. The molecule has 0 bridgehead atoms. The molecule has 0 fully saturated rings. The van der Waals surface area contributed by atoms with Crippen LogP contribution in [0.1, 0.15) is 6.42 Å². The van der Waals surface area contributed by atoms with Gasteiger partial charge in [0.25, 0.3) is 0 Å². The van der Waals surface area contributed by atoms with E-state index in [1.54, 1.807) is 14.2 Å². The van der Waals surface area contributed by atoms with Crippen molar-refractivity contribution in [2.75, 3.05) is 19.5 Å². The zero-order chi connectivity index (χ0) is 7.11. The molecule has 0 aliphatic carbocycles. The maximum Gasteiger partial charge on any atom is 0.456 e. The van der Waals surface area contributed by atoms with Crippen molar-refractivity contribution >= 4 is 23.0 Å². The fourth-order valence-electron chi connectivity index (χ4n) is 0.576. The maximum atomic E-state index is 4.96. The molecular formula is C5H12BBrO2. The van der Waals surface area contributed by atoms with Crippen molar-refractivity contribution in [2.24, 2.45) is 0 Å². The largest absolute Gasteiger partial charge is 0.456 e. The van der Waals surface area contributed by atoms with E-state index in [0.29, 0.717) is 0 Å². The highest BCUT2D eigenvalue weighted by Crippen LogP contribution is 2.00. The van der Waals surface area contributed by atoms with Gasteiger partial charge in [0, 0.05) is 19.5 Å². The van der Waals surface area contributed by atoms with Gasteiger partial charge in [0.1, 0.15) is 0 Å². The summed E-state index contributed by atoms with van der Waals surface area (Å²) in [7, 11) is 3.28. The fourth-order valence-corrected chi connectivity index (χ4v) is 0.899. The van der Waals surface area contributed by atoms with E-state index in [1.807, 2.05) is 0 Å². The van der Waals surface area contributed by atoms with E-state index in [0.717, 1.165) is 18.1 Å².